The van der Waals surface area contributed by atoms with Crippen molar-refractivity contribution in [3.8, 4) is 6.07 Å². The fourth-order valence-corrected chi connectivity index (χ4v) is 5.99. The molecule has 1 atom stereocenters. The number of hydrogen-bond acceptors (Lipinski definition) is 9. The van der Waals surface area contributed by atoms with Crippen molar-refractivity contribution in [1.29, 1.82) is 5.26 Å². The molecule has 0 aliphatic carbocycles. The summed E-state index contributed by atoms with van der Waals surface area (Å²) in [7, 11) is -2.50. The first-order valence-electron chi connectivity index (χ1n) is 15.4. The molecule has 1 fully saturated rings. The molecule has 3 rings (SSSR count). The van der Waals surface area contributed by atoms with Gasteiger partial charge in [0.25, 0.3) is 5.56 Å². The summed E-state index contributed by atoms with van der Waals surface area (Å²) >= 11 is 0. The third kappa shape index (κ3) is 10.6. The number of ether oxygens (including phenoxy) is 1. The van der Waals surface area contributed by atoms with Gasteiger partial charge in [-0.1, -0.05) is 12.6 Å². The second kappa shape index (κ2) is 16.4. The second-order valence-corrected chi connectivity index (χ2v) is 13.9. The summed E-state index contributed by atoms with van der Waals surface area (Å²) < 4.78 is 49.2. The van der Waals surface area contributed by atoms with Crippen molar-refractivity contribution in [3.05, 3.63) is 64.0 Å². The SMILES string of the molecule is C=Cc1ncn(CCCC(=O)NCCN(C)C(=O)OC(C)(C)C)c(=O)c1/C=C(\C)Nc1cccc(NS(=O)(=O)N2CC[C@@H](F)C2)c1C#N. The van der Waals surface area contributed by atoms with Gasteiger partial charge in [0.1, 0.15) is 17.8 Å². The second-order valence-electron chi connectivity index (χ2n) is 12.2. The standard InChI is InChI=1S/C32H43FN8O6S/c1-7-26-24(30(43)40(21-36-26)15-9-12-29(42)35-14-17-39(6)31(44)47-32(3,4)5)18-22(2)37-27-10-8-11-28(25(27)19-34)38-48(45,46)41-16-13-23(33)20-41/h7-8,10-11,18,21,23,37-38H,1,9,12-17,20H2,2-6H3,(H,35,42)/b22-18+/t23-/m1/s1. The van der Waals surface area contributed by atoms with Crippen molar-refractivity contribution >= 4 is 45.7 Å². The van der Waals surface area contributed by atoms with Crippen molar-refractivity contribution < 1.29 is 27.1 Å². The molecule has 0 spiro atoms. The van der Waals surface area contributed by atoms with Crippen LogP contribution in [0.25, 0.3) is 12.2 Å². The van der Waals surface area contributed by atoms with E-state index in [0.29, 0.717) is 17.8 Å². The van der Waals surface area contributed by atoms with Gasteiger partial charge in [-0.25, -0.2) is 14.2 Å². The Morgan fingerprint density at radius 2 is 2.00 bits per heavy atom. The number of likely N-dealkylation sites (N-methyl/N-ethyl adjacent to an activating group) is 1. The van der Waals surface area contributed by atoms with Crippen LogP contribution in [0.4, 0.5) is 20.6 Å². The quantitative estimate of drug-likeness (QED) is 0.267. The third-order valence-corrected chi connectivity index (χ3v) is 8.60. The molecule has 0 bridgehead atoms. The molecule has 3 N–H and O–H groups in total. The number of hydrogen-bond donors (Lipinski definition) is 3. The van der Waals surface area contributed by atoms with Crippen LogP contribution in [0.15, 0.2) is 41.6 Å². The summed E-state index contributed by atoms with van der Waals surface area (Å²) in [5.74, 6) is -0.235. The van der Waals surface area contributed by atoms with Crippen LogP contribution in [0.5, 0.6) is 0 Å². The van der Waals surface area contributed by atoms with Gasteiger partial charge in [-0.2, -0.15) is 18.0 Å². The van der Waals surface area contributed by atoms with Gasteiger partial charge in [0.2, 0.25) is 5.91 Å². The number of aromatic nitrogens is 2. The molecule has 1 aliphatic rings. The summed E-state index contributed by atoms with van der Waals surface area (Å²) in [5, 5.41) is 15.7. The molecule has 260 valence electrons. The Bertz CT molecular complexity index is 1750. The van der Waals surface area contributed by atoms with Crippen LogP contribution in [0.1, 0.15) is 63.8 Å². The maximum Gasteiger partial charge on any atom is 0.410 e. The lowest BCUT2D eigenvalue weighted by Crippen LogP contribution is -2.39. The predicted octanol–water partition coefficient (Wildman–Crippen LogP) is 3.69. The van der Waals surface area contributed by atoms with E-state index >= 15 is 0 Å². The highest BCUT2D eigenvalue weighted by atomic mass is 32.2. The number of nitrogens with zero attached hydrogens (tertiary/aromatic N) is 5. The molecule has 2 amide bonds. The number of amides is 2. The van der Waals surface area contributed by atoms with Gasteiger partial charge < -0.3 is 20.3 Å². The van der Waals surface area contributed by atoms with Crippen molar-refractivity contribution in [2.24, 2.45) is 0 Å². The summed E-state index contributed by atoms with van der Waals surface area (Å²) in [6.45, 7) is 11.2. The summed E-state index contributed by atoms with van der Waals surface area (Å²) in [6, 6.07) is 6.57. The minimum absolute atomic E-state index is 0.00660. The lowest BCUT2D eigenvalue weighted by Gasteiger charge is -2.24. The summed E-state index contributed by atoms with van der Waals surface area (Å²) in [4.78, 5) is 43.5. The van der Waals surface area contributed by atoms with Gasteiger partial charge in [0.05, 0.1) is 34.5 Å². The predicted molar refractivity (Wildman–Crippen MR) is 182 cm³/mol. The zero-order valence-corrected chi connectivity index (χ0v) is 28.7. The van der Waals surface area contributed by atoms with E-state index in [-0.39, 0.29) is 79.5 Å². The summed E-state index contributed by atoms with van der Waals surface area (Å²) in [5.41, 5.74) is 0.301. The average molecular weight is 687 g/mol. The number of carbonyl (C=O) groups is 2. The number of nitrogens with one attached hydrogen (secondary N) is 3. The third-order valence-electron chi connectivity index (χ3n) is 7.12. The van der Waals surface area contributed by atoms with Crippen LogP contribution in [-0.4, -0.2) is 84.2 Å². The zero-order chi connectivity index (χ0) is 35.6. The Hall–Kier alpha value is -4.75. The van der Waals surface area contributed by atoms with Crippen LogP contribution in [0.2, 0.25) is 0 Å². The van der Waals surface area contributed by atoms with E-state index in [1.165, 1.54) is 27.9 Å². The molecule has 1 saturated heterocycles. The Kier molecular flexibility index (Phi) is 12.9. The lowest BCUT2D eigenvalue weighted by atomic mass is 10.1. The topological polar surface area (TPSA) is 179 Å². The number of allylic oxidation sites excluding steroid dienone is 1. The van der Waals surface area contributed by atoms with Gasteiger partial charge in [0.15, 0.2) is 0 Å². The number of aryl methyl sites for hydroxylation is 1. The fourth-order valence-electron chi connectivity index (χ4n) is 4.70. The number of alkyl halides is 1. The van der Waals surface area contributed by atoms with Crippen LogP contribution in [0, 0.1) is 11.3 Å². The average Bonchev–Trinajstić information content (AvgIpc) is 3.45. The van der Waals surface area contributed by atoms with Crippen LogP contribution < -0.4 is 20.9 Å². The van der Waals surface area contributed by atoms with E-state index in [0.717, 1.165) is 4.31 Å². The van der Waals surface area contributed by atoms with Gasteiger partial charge >= 0.3 is 16.3 Å². The first-order valence-corrected chi connectivity index (χ1v) is 16.8. The van der Waals surface area contributed by atoms with Gasteiger partial charge in [-0.05, 0) is 64.8 Å². The molecule has 1 aromatic carbocycles. The molecule has 2 aromatic rings. The molecule has 0 unspecified atom stereocenters. The summed E-state index contributed by atoms with van der Waals surface area (Å²) in [6.07, 6.45) is 3.21. The Balaban J connectivity index is 1.65. The fraction of sp³-hybridized carbons (Fsp3) is 0.469. The molecular formula is C32H43FN8O6S. The van der Waals surface area contributed by atoms with E-state index in [4.69, 9.17) is 4.74 Å². The minimum atomic E-state index is -4.08. The normalized spacial score (nSPS) is 15.4. The maximum atomic E-state index is 13.6. The highest BCUT2D eigenvalue weighted by Crippen LogP contribution is 2.27. The molecular weight excluding hydrogens is 643 g/mol. The Labute approximate surface area is 280 Å². The van der Waals surface area contributed by atoms with E-state index in [1.807, 2.05) is 6.07 Å². The van der Waals surface area contributed by atoms with E-state index in [9.17, 15) is 32.5 Å². The number of benzene rings is 1. The molecule has 16 heteroatoms. The smallest absolute Gasteiger partial charge is 0.410 e. The number of carbonyl (C=O) groups excluding carboxylic acids is 2. The van der Waals surface area contributed by atoms with Crippen LogP contribution >= 0.6 is 0 Å². The maximum absolute atomic E-state index is 13.6. The van der Waals surface area contributed by atoms with E-state index in [1.54, 1.807) is 53.0 Å². The van der Waals surface area contributed by atoms with Crippen molar-refractivity contribution in [3.63, 3.8) is 0 Å². The van der Waals surface area contributed by atoms with Crippen LogP contribution in [-0.2, 0) is 26.3 Å². The van der Waals surface area contributed by atoms with Crippen LogP contribution in [0.3, 0.4) is 0 Å². The monoisotopic (exact) mass is 686 g/mol. The van der Waals surface area contributed by atoms with Crippen molar-refractivity contribution in [2.75, 3.05) is 43.3 Å². The Morgan fingerprint density at radius 3 is 2.62 bits per heavy atom. The molecule has 1 aliphatic heterocycles. The van der Waals surface area contributed by atoms with Gasteiger partial charge in [-0.3, -0.25) is 18.9 Å². The van der Waals surface area contributed by atoms with Gasteiger partial charge in [-0.15, -0.1) is 0 Å². The number of anilines is 2. The van der Waals surface area contributed by atoms with E-state index < -0.39 is 28.1 Å². The number of nitriles is 1. The lowest BCUT2D eigenvalue weighted by molar-refractivity contribution is -0.121. The molecule has 1 aromatic heterocycles. The minimum Gasteiger partial charge on any atom is -0.444 e. The van der Waals surface area contributed by atoms with Gasteiger partial charge in [0, 0.05) is 51.9 Å². The number of rotatable bonds is 14. The molecule has 2 heterocycles. The molecule has 14 nitrogen and oxygen atoms in total. The van der Waals surface area contributed by atoms with Crippen molar-refractivity contribution in [2.45, 2.75) is 65.3 Å². The Morgan fingerprint density at radius 1 is 1.29 bits per heavy atom. The number of halogens is 1. The van der Waals surface area contributed by atoms with E-state index in [2.05, 4.69) is 26.9 Å². The van der Waals surface area contributed by atoms with Crippen molar-refractivity contribution in [1.82, 2.24) is 24.1 Å². The largest absolute Gasteiger partial charge is 0.444 e. The molecule has 0 radical (unpaired) electrons. The molecule has 48 heavy (non-hydrogen) atoms. The zero-order valence-electron chi connectivity index (χ0n) is 27.9. The highest BCUT2D eigenvalue weighted by molar-refractivity contribution is 7.90. The first kappa shape index (κ1) is 37.7. The molecule has 0 saturated carbocycles. The highest BCUT2D eigenvalue weighted by Gasteiger charge is 2.32. The first-order chi connectivity index (χ1) is 22.5.